The maximum Gasteiger partial charge on any atom is 0.234 e. The molecule has 1 amide bonds. The minimum absolute atomic E-state index is 0.0478. The quantitative estimate of drug-likeness (QED) is 0.283. The van der Waals surface area contributed by atoms with Gasteiger partial charge in [0.05, 0.1) is 11.4 Å². The molecule has 1 aromatic heterocycles. The lowest BCUT2D eigenvalue weighted by Crippen LogP contribution is -2.17. The Morgan fingerprint density at radius 1 is 1.14 bits per heavy atom. The number of carbonyl (C=O) groups is 1. The first-order chi connectivity index (χ1) is 14.1. The number of benzene rings is 1. The fourth-order valence-electron chi connectivity index (χ4n) is 3.22. The summed E-state index contributed by atoms with van der Waals surface area (Å²) in [6, 6.07) is 12.7. The molecule has 0 saturated carbocycles. The van der Waals surface area contributed by atoms with Crippen molar-refractivity contribution in [1.29, 1.82) is 0 Å². The lowest BCUT2D eigenvalue weighted by Gasteiger charge is -2.17. The minimum atomic E-state index is 0.0478. The molecule has 6 heteroatoms. The molecule has 1 heterocycles. The van der Waals surface area contributed by atoms with Crippen LogP contribution in [0.2, 0.25) is 0 Å². The third kappa shape index (κ3) is 7.91. The molecule has 0 aliphatic rings. The number of thioether (sulfide) groups is 3. The topological polar surface area (TPSA) is 42.0 Å². The second-order valence-electron chi connectivity index (χ2n) is 7.02. The number of aryl methyl sites for hydroxylation is 1. The Labute approximate surface area is 188 Å². The van der Waals surface area contributed by atoms with Gasteiger partial charge in [0.25, 0.3) is 0 Å². The van der Waals surface area contributed by atoms with E-state index in [9.17, 15) is 4.79 Å². The Hall–Kier alpha value is -1.11. The van der Waals surface area contributed by atoms with Crippen LogP contribution in [0.4, 0.5) is 5.69 Å². The van der Waals surface area contributed by atoms with E-state index in [-0.39, 0.29) is 5.91 Å². The predicted molar refractivity (Wildman–Crippen MR) is 132 cm³/mol. The summed E-state index contributed by atoms with van der Waals surface area (Å²) in [6.07, 6.45) is 8.95. The number of rotatable bonds is 12. The summed E-state index contributed by atoms with van der Waals surface area (Å²) in [7, 11) is 0. The molecule has 0 aliphatic heterocycles. The van der Waals surface area contributed by atoms with Gasteiger partial charge in [0.2, 0.25) is 5.91 Å². The first-order valence-electron chi connectivity index (χ1n) is 10.1. The van der Waals surface area contributed by atoms with E-state index in [1.165, 1.54) is 31.2 Å². The van der Waals surface area contributed by atoms with Gasteiger partial charge in [0.15, 0.2) is 0 Å². The molecule has 29 heavy (non-hydrogen) atoms. The van der Waals surface area contributed by atoms with Crippen LogP contribution in [-0.4, -0.2) is 34.9 Å². The van der Waals surface area contributed by atoms with Crippen LogP contribution in [0.3, 0.4) is 0 Å². The standard InChI is InChI=1S/C23H32N2OS3/c1-5-6-8-13-19(18-11-9-7-10-12-18)15-29-16-21(26)25-22-20(27-3)14-17(2)24-23(22)28-4/h7,9-12,14,19H,5-6,8,13,15-16H2,1-4H3,(H,25,26). The summed E-state index contributed by atoms with van der Waals surface area (Å²) >= 11 is 4.94. The number of nitrogens with one attached hydrogen (secondary N) is 1. The smallest absolute Gasteiger partial charge is 0.234 e. The summed E-state index contributed by atoms with van der Waals surface area (Å²) < 4.78 is 0. The number of anilines is 1. The molecule has 158 valence electrons. The highest BCUT2D eigenvalue weighted by molar-refractivity contribution is 8.00. The van der Waals surface area contributed by atoms with Crippen molar-refractivity contribution in [2.75, 3.05) is 29.3 Å². The molecular weight excluding hydrogens is 416 g/mol. The van der Waals surface area contributed by atoms with E-state index in [4.69, 9.17) is 0 Å². The number of carbonyl (C=O) groups excluding carboxylic acids is 1. The number of unbranched alkanes of at least 4 members (excludes halogenated alkanes) is 2. The maximum absolute atomic E-state index is 12.6. The molecule has 0 radical (unpaired) electrons. The summed E-state index contributed by atoms with van der Waals surface area (Å²) in [5, 5.41) is 3.99. The van der Waals surface area contributed by atoms with Crippen molar-refractivity contribution in [2.45, 2.75) is 55.4 Å². The molecule has 0 fully saturated rings. The molecule has 2 aromatic rings. The van der Waals surface area contributed by atoms with Crippen molar-refractivity contribution >= 4 is 46.9 Å². The Morgan fingerprint density at radius 3 is 2.55 bits per heavy atom. The maximum atomic E-state index is 12.6. The van der Waals surface area contributed by atoms with Gasteiger partial charge in [0.1, 0.15) is 5.03 Å². The minimum Gasteiger partial charge on any atom is -0.322 e. The summed E-state index contributed by atoms with van der Waals surface area (Å²) in [4.78, 5) is 18.3. The molecule has 1 atom stereocenters. The van der Waals surface area contributed by atoms with Crippen LogP contribution in [-0.2, 0) is 4.79 Å². The zero-order chi connectivity index (χ0) is 21.1. The van der Waals surface area contributed by atoms with Crippen molar-refractivity contribution in [3.8, 4) is 0 Å². The van der Waals surface area contributed by atoms with Crippen molar-refractivity contribution in [2.24, 2.45) is 0 Å². The summed E-state index contributed by atoms with van der Waals surface area (Å²) in [5.41, 5.74) is 3.21. The second kappa shape index (κ2) is 13.2. The number of amides is 1. The van der Waals surface area contributed by atoms with Crippen LogP contribution in [0.1, 0.15) is 49.8 Å². The van der Waals surface area contributed by atoms with Gasteiger partial charge >= 0.3 is 0 Å². The van der Waals surface area contributed by atoms with Gasteiger partial charge < -0.3 is 5.32 Å². The van der Waals surface area contributed by atoms with Gasteiger partial charge in [0, 0.05) is 16.3 Å². The summed E-state index contributed by atoms with van der Waals surface area (Å²) in [5.74, 6) is 1.99. The van der Waals surface area contributed by atoms with E-state index >= 15 is 0 Å². The molecule has 0 spiro atoms. The van der Waals surface area contributed by atoms with Crippen LogP contribution >= 0.6 is 35.3 Å². The Morgan fingerprint density at radius 2 is 1.90 bits per heavy atom. The first-order valence-corrected chi connectivity index (χ1v) is 13.7. The predicted octanol–water partition coefficient (Wildman–Crippen LogP) is 6.87. The zero-order valence-corrected chi connectivity index (χ0v) is 20.3. The van der Waals surface area contributed by atoms with Crippen LogP contribution in [0.15, 0.2) is 46.3 Å². The van der Waals surface area contributed by atoms with Crippen molar-refractivity contribution in [1.82, 2.24) is 4.98 Å². The van der Waals surface area contributed by atoms with E-state index in [0.29, 0.717) is 11.7 Å². The van der Waals surface area contributed by atoms with E-state index in [1.807, 2.05) is 25.5 Å². The van der Waals surface area contributed by atoms with Gasteiger partial charge in [-0.05, 0) is 43.4 Å². The molecule has 1 unspecified atom stereocenters. The molecule has 1 N–H and O–H groups in total. The van der Waals surface area contributed by atoms with Crippen molar-refractivity contribution in [3.63, 3.8) is 0 Å². The average molecular weight is 449 g/mol. The van der Waals surface area contributed by atoms with E-state index < -0.39 is 0 Å². The third-order valence-electron chi connectivity index (χ3n) is 4.74. The molecule has 0 aliphatic carbocycles. The highest BCUT2D eigenvalue weighted by Gasteiger charge is 2.16. The van der Waals surface area contributed by atoms with Crippen LogP contribution in [0, 0.1) is 6.92 Å². The number of aromatic nitrogens is 1. The van der Waals surface area contributed by atoms with Gasteiger partial charge in [-0.3, -0.25) is 4.79 Å². The van der Waals surface area contributed by atoms with Gasteiger partial charge in [-0.15, -0.1) is 23.5 Å². The summed E-state index contributed by atoms with van der Waals surface area (Å²) in [6.45, 7) is 4.23. The lowest BCUT2D eigenvalue weighted by atomic mass is 9.95. The highest BCUT2D eigenvalue weighted by atomic mass is 32.2. The highest BCUT2D eigenvalue weighted by Crippen LogP contribution is 2.34. The van der Waals surface area contributed by atoms with Crippen molar-refractivity contribution < 1.29 is 4.79 Å². The monoisotopic (exact) mass is 448 g/mol. The fourth-order valence-corrected chi connectivity index (χ4v) is 5.55. The SMILES string of the molecule is CCCCCC(CSCC(=O)Nc1c(SC)cc(C)nc1SC)c1ccccc1. The number of pyridine rings is 1. The Balaban J connectivity index is 1.95. The molecular formula is C23H32N2OS3. The van der Waals surface area contributed by atoms with Gasteiger partial charge in [-0.25, -0.2) is 4.98 Å². The Kier molecular flexibility index (Phi) is 11.0. The number of hydrogen-bond donors (Lipinski definition) is 1. The van der Waals surface area contributed by atoms with E-state index in [0.717, 1.165) is 27.1 Å². The van der Waals surface area contributed by atoms with E-state index in [2.05, 4.69) is 47.6 Å². The van der Waals surface area contributed by atoms with Gasteiger partial charge in [-0.2, -0.15) is 11.8 Å². The number of hydrogen-bond acceptors (Lipinski definition) is 5. The third-order valence-corrected chi connectivity index (χ3v) is 7.28. The lowest BCUT2D eigenvalue weighted by molar-refractivity contribution is -0.113. The second-order valence-corrected chi connectivity index (χ2v) is 9.69. The van der Waals surface area contributed by atoms with Gasteiger partial charge in [-0.1, -0.05) is 56.5 Å². The number of nitrogens with zero attached hydrogens (tertiary/aromatic N) is 1. The largest absolute Gasteiger partial charge is 0.322 e. The zero-order valence-electron chi connectivity index (χ0n) is 17.9. The normalized spacial score (nSPS) is 12.0. The molecule has 2 rings (SSSR count). The van der Waals surface area contributed by atoms with Crippen LogP contribution in [0.25, 0.3) is 0 Å². The van der Waals surface area contributed by atoms with E-state index in [1.54, 1.807) is 35.3 Å². The fraction of sp³-hybridized carbons (Fsp3) is 0.478. The molecule has 1 aromatic carbocycles. The molecule has 3 nitrogen and oxygen atoms in total. The first kappa shape index (κ1) is 24.2. The van der Waals surface area contributed by atoms with Crippen molar-refractivity contribution in [3.05, 3.63) is 47.7 Å². The van der Waals surface area contributed by atoms with Crippen LogP contribution < -0.4 is 5.32 Å². The average Bonchev–Trinajstić information content (AvgIpc) is 2.74. The molecule has 0 saturated heterocycles. The Bertz CT molecular complexity index is 743. The molecule has 0 bridgehead atoms. The van der Waals surface area contributed by atoms with Crippen LogP contribution in [0.5, 0.6) is 0 Å².